The van der Waals surface area contributed by atoms with Gasteiger partial charge in [0, 0.05) is 12.8 Å². The molecule has 2 rings (SSSR count). The van der Waals surface area contributed by atoms with Gasteiger partial charge in [-0.15, -0.1) is 0 Å². The highest BCUT2D eigenvalue weighted by Gasteiger charge is 2.49. The van der Waals surface area contributed by atoms with Crippen molar-refractivity contribution in [3.8, 4) is 0 Å². The number of unbranched alkanes of at least 4 members (excludes halogenated alkanes) is 4. The highest BCUT2D eigenvalue weighted by molar-refractivity contribution is 5.66. The van der Waals surface area contributed by atoms with Crippen molar-refractivity contribution in [2.75, 3.05) is 0 Å². The maximum atomic E-state index is 10.4. The summed E-state index contributed by atoms with van der Waals surface area (Å²) < 4.78 is 0. The summed E-state index contributed by atoms with van der Waals surface area (Å²) in [5, 5.41) is 8.61. The third-order valence-corrected chi connectivity index (χ3v) is 5.01. The van der Waals surface area contributed by atoms with Gasteiger partial charge in [0.2, 0.25) is 0 Å². The van der Waals surface area contributed by atoms with Crippen LogP contribution >= 0.6 is 0 Å². The van der Waals surface area contributed by atoms with Gasteiger partial charge in [0.1, 0.15) is 0 Å². The van der Waals surface area contributed by atoms with Gasteiger partial charge in [-0.2, -0.15) is 0 Å². The molecule has 0 radical (unpaired) electrons. The number of allylic oxidation sites excluding steroid dienone is 2. The molecule has 0 aromatic rings. The van der Waals surface area contributed by atoms with Crippen molar-refractivity contribution in [2.45, 2.75) is 83.3 Å². The number of hydrogen-bond donors (Lipinski definition) is 1. The summed E-state index contributed by atoms with van der Waals surface area (Å²) in [5.74, 6) is 0.579. The van der Waals surface area contributed by atoms with Crippen LogP contribution in [0.5, 0.6) is 0 Å². The summed E-state index contributed by atoms with van der Waals surface area (Å²) in [6, 6.07) is 0. The Hall–Kier alpha value is -0.870. The van der Waals surface area contributed by atoms with Crippen LogP contribution in [0.3, 0.4) is 0 Å². The summed E-state index contributed by atoms with van der Waals surface area (Å²) in [6.45, 7) is 2.17. The minimum atomic E-state index is -0.679. The molecule has 22 heavy (non-hydrogen) atoms. The molecule has 1 N–H and O–H groups in total. The summed E-state index contributed by atoms with van der Waals surface area (Å²) in [5.41, 5.74) is 0. The van der Waals surface area contributed by atoms with Crippen molar-refractivity contribution in [3.63, 3.8) is 0 Å². The second-order valence-electron chi connectivity index (χ2n) is 6.65. The van der Waals surface area contributed by atoms with Crippen LogP contribution in [0.2, 0.25) is 0 Å². The molecule has 2 fully saturated rings. The van der Waals surface area contributed by atoms with Crippen LogP contribution in [-0.4, -0.2) is 23.3 Å². The van der Waals surface area contributed by atoms with Crippen LogP contribution in [0.4, 0.5) is 0 Å². The number of carboxylic acid groups (broad SMARTS) is 1. The normalized spacial score (nSPS) is 30.4. The molecule has 2 aliphatic rings. The van der Waals surface area contributed by atoms with E-state index in [0.29, 0.717) is 30.5 Å². The molecule has 1 saturated heterocycles. The van der Waals surface area contributed by atoms with E-state index in [1.54, 1.807) is 0 Å². The third kappa shape index (κ3) is 5.10. The van der Waals surface area contributed by atoms with Crippen LogP contribution in [0, 0.1) is 11.8 Å². The molecule has 1 heterocycles. The van der Waals surface area contributed by atoms with E-state index >= 15 is 0 Å². The van der Waals surface area contributed by atoms with E-state index < -0.39 is 5.97 Å². The second-order valence-corrected chi connectivity index (χ2v) is 6.65. The van der Waals surface area contributed by atoms with E-state index in [1.165, 1.54) is 19.3 Å². The first kappa shape index (κ1) is 17.5. The Morgan fingerprint density at radius 3 is 2.45 bits per heavy atom. The van der Waals surface area contributed by atoms with Crippen molar-refractivity contribution < 1.29 is 19.7 Å². The van der Waals surface area contributed by atoms with Gasteiger partial charge in [-0.05, 0) is 37.5 Å². The summed E-state index contributed by atoms with van der Waals surface area (Å²) in [4.78, 5) is 21.3. The lowest BCUT2D eigenvalue weighted by atomic mass is 9.86. The van der Waals surface area contributed by atoms with Crippen LogP contribution in [0.15, 0.2) is 12.2 Å². The van der Waals surface area contributed by atoms with Gasteiger partial charge in [-0.1, -0.05) is 44.8 Å². The summed E-state index contributed by atoms with van der Waals surface area (Å²) in [7, 11) is 0. The first-order valence-electron chi connectivity index (χ1n) is 8.91. The van der Waals surface area contributed by atoms with Gasteiger partial charge in [0.15, 0.2) is 0 Å². The lowest BCUT2D eigenvalue weighted by molar-refractivity contribution is -0.341. The van der Waals surface area contributed by atoms with Gasteiger partial charge in [-0.25, -0.2) is 9.78 Å². The van der Waals surface area contributed by atoms with Crippen LogP contribution < -0.4 is 0 Å². The highest BCUT2D eigenvalue weighted by Crippen LogP contribution is 2.46. The number of carbonyl (C=O) groups is 1. The van der Waals surface area contributed by atoms with Crippen molar-refractivity contribution in [3.05, 3.63) is 12.2 Å². The smallest absolute Gasteiger partial charge is 0.303 e. The van der Waals surface area contributed by atoms with Gasteiger partial charge in [0.25, 0.3) is 0 Å². The monoisotopic (exact) mass is 310 g/mol. The Morgan fingerprint density at radius 1 is 1.05 bits per heavy atom. The fraction of sp³-hybridized carbons (Fsp3) is 0.833. The van der Waals surface area contributed by atoms with E-state index in [2.05, 4.69) is 19.1 Å². The number of aliphatic carboxylic acids is 1. The molecule has 4 atom stereocenters. The Labute approximate surface area is 133 Å². The average Bonchev–Trinajstić information content (AvgIpc) is 3.08. The Bertz CT molecular complexity index is 366. The van der Waals surface area contributed by atoms with E-state index in [9.17, 15) is 4.79 Å². The van der Waals surface area contributed by atoms with Gasteiger partial charge in [-0.3, -0.25) is 4.79 Å². The lowest BCUT2D eigenvalue weighted by Gasteiger charge is -2.29. The Morgan fingerprint density at radius 2 is 1.73 bits per heavy atom. The lowest BCUT2D eigenvalue weighted by Crippen LogP contribution is -2.29. The van der Waals surface area contributed by atoms with Crippen molar-refractivity contribution in [2.24, 2.45) is 11.8 Å². The minimum Gasteiger partial charge on any atom is -0.481 e. The fourth-order valence-corrected chi connectivity index (χ4v) is 3.83. The maximum absolute atomic E-state index is 10.4. The van der Waals surface area contributed by atoms with Gasteiger partial charge < -0.3 is 5.11 Å². The van der Waals surface area contributed by atoms with Crippen LogP contribution in [0.1, 0.15) is 71.1 Å². The number of fused-ring (bicyclic) bond motifs is 2. The van der Waals surface area contributed by atoms with E-state index in [1.807, 2.05) is 0 Å². The zero-order valence-corrected chi connectivity index (χ0v) is 13.7. The van der Waals surface area contributed by atoms with Crippen molar-refractivity contribution in [1.82, 2.24) is 0 Å². The Kier molecular flexibility index (Phi) is 7.40. The fourth-order valence-electron chi connectivity index (χ4n) is 3.83. The SMILES string of the molecule is CCC=CC[C@H]1[C@H](CCCCCCCC(=O)O)[C@H]2C[C@H]1OO2. The molecule has 1 aliphatic carbocycles. The number of hydrogen-bond acceptors (Lipinski definition) is 3. The predicted octanol–water partition coefficient (Wildman–Crippen LogP) is 4.49. The van der Waals surface area contributed by atoms with Crippen molar-refractivity contribution in [1.29, 1.82) is 0 Å². The standard InChI is InChI=1S/C18H30O4/c1-2-3-7-10-14-15(17-13-16(14)21-22-17)11-8-5-4-6-9-12-18(19)20/h3,7,14-17H,2,4-6,8-13H2,1H3,(H,19,20)/t14-,15-,16+,17+/m0/s1. The summed E-state index contributed by atoms with van der Waals surface area (Å²) in [6.07, 6.45) is 15.3. The van der Waals surface area contributed by atoms with E-state index in [-0.39, 0.29) is 0 Å². The maximum Gasteiger partial charge on any atom is 0.303 e. The minimum absolute atomic E-state index is 0.298. The molecule has 0 unspecified atom stereocenters. The first-order chi connectivity index (χ1) is 10.7. The molecule has 1 saturated carbocycles. The predicted molar refractivity (Wildman–Crippen MR) is 85.3 cm³/mol. The highest BCUT2D eigenvalue weighted by atomic mass is 17.2. The van der Waals surface area contributed by atoms with E-state index in [0.717, 1.165) is 38.5 Å². The van der Waals surface area contributed by atoms with Crippen LogP contribution in [0.25, 0.3) is 0 Å². The molecule has 0 amide bonds. The molecule has 0 aromatic carbocycles. The van der Waals surface area contributed by atoms with Gasteiger partial charge in [0.05, 0.1) is 12.2 Å². The Balaban J connectivity index is 1.63. The molecule has 2 bridgehead atoms. The largest absolute Gasteiger partial charge is 0.481 e. The molecule has 126 valence electrons. The van der Waals surface area contributed by atoms with Crippen molar-refractivity contribution >= 4 is 5.97 Å². The first-order valence-corrected chi connectivity index (χ1v) is 8.91. The average molecular weight is 310 g/mol. The van der Waals surface area contributed by atoms with Gasteiger partial charge >= 0.3 is 5.97 Å². The molecular formula is C18H30O4. The van der Waals surface area contributed by atoms with Crippen LogP contribution in [-0.2, 0) is 14.6 Å². The zero-order chi connectivity index (χ0) is 15.8. The number of carboxylic acids is 1. The molecule has 0 spiro atoms. The zero-order valence-electron chi connectivity index (χ0n) is 13.7. The number of rotatable bonds is 11. The van der Waals surface area contributed by atoms with E-state index in [4.69, 9.17) is 14.9 Å². The molecule has 4 heteroatoms. The second kappa shape index (κ2) is 9.31. The quantitative estimate of drug-likeness (QED) is 0.347. The third-order valence-electron chi connectivity index (χ3n) is 5.01. The molecule has 4 nitrogen and oxygen atoms in total. The molecular weight excluding hydrogens is 280 g/mol. The molecule has 0 aromatic heterocycles. The topological polar surface area (TPSA) is 55.8 Å². The summed E-state index contributed by atoms with van der Waals surface area (Å²) >= 11 is 0. The molecule has 1 aliphatic heterocycles.